The minimum atomic E-state index is -0.0972. The number of aryl methyl sites for hydroxylation is 1. The van der Waals surface area contributed by atoms with E-state index in [0.29, 0.717) is 10.7 Å². The molecule has 2 N–H and O–H groups in total. The Morgan fingerprint density at radius 3 is 2.86 bits per heavy atom. The fraction of sp³-hybridized carbons (Fsp3) is 0.300. The summed E-state index contributed by atoms with van der Waals surface area (Å²) in [7, 11) is 1.72. The molecule has 0 radical (unpaired) electrons. The molecule has 0 unspecified atom stereocenters. The fourth-order valence-corrected chi connectivity index (χ4v) is 1.27. The molecule has 0 saturated heterocycles. The number of carbonyl (C=O) groups excluding carboxylic acids is 1. The monoisotopic (exact) mass is 212 g/mol. The van der Waals surface area contributed by atoms with Crippen molar-refractivity contribution in [2.75, 3.05) is 18.9 Å². The largest absolute Gasteiger partial charge is 0.324 e. The number of benzene rings is 1. The fourth-order valence-electron chi connectivity index (χ4n) is 1.10. The summed E-state index contributed by atoms with van der Waals surface area (Å²) in [5.41, 5.74) is 1.61. The van der Waals surface area contributed by atoms with Gasteiger partial charge in [-0.2, -0.15) is 0 Å². The van der Waals surface area contributed by atoms with Crippen LogP contribution in [0.25, 0.3) is 0 Å². The Hall–Kier alpha value is -1.06. The van der Waals surface area contributed by atoms with Crippen LogP contribution in [0.2, 0.25) is 5.02 Å². The highest BCUT2D eigenvalue weighted by Crippen LogP contribution is 2.24. The van der Waals surface area contributed by atoms with E-state index in [0.717, 1.165) is 5.56 Å². The van der Waals surface area contributed by atoms with Crippen LogP contribution in [-0.4, -0.2) is 19.5 Å². The summed E-state index contributed by atoms with van der Waals surface area (Å²) in [6, 6.07) is 5.54. The van der Waals surface area contributed by atoms with E-state index in [4.69, 9.17) is 11.6 Å². The molecule has 0 fully saturated rings. The molecular formula is C10H13ClN2O. The van der Waals surface area contributed by atoms with Gasteiger partial charge < -0.3 is 10.6 Å². The van der Waals surface area contributed by atoms with Gasteiger partial charge in [0, 0.05) is 0 Å². The smallest absolute Gasteiger partial charge is 0.238 e. The third-order valence-electron chi connectivity index (χ3n) is 1.80. The van der Waals surface area contributed by atoms with Gasteiger partial charge in [-0.15, -0.1) is 0 Å². The molecule has 1 aromatic rings. The lowest BCUT2D eigenvalue weighted by Crippen LogP contribution is -2.25. The number of amides is 1. The molecule has 0 aliphatic heterocycles. The molecule has 0 bridgehead atoms. The molecule has 14 heavy (non-hydrogen) atoms. The number of hydrogen-bond donors (Lipinski definition) is 2. The van der Waals surface area contributed by atoms with Crippen molar-refractivity contribution in [1.82, 2.24) is 5.32 Å². The number of rotatable bonds is 3. The zero-order valence-corrected chi connectivity index (χ0v) is 8.98. The van der Waals surface area contributed by atoms with Crippen LogP contribution in [0.1, 0.15) is 5.56 Å². The van der Waals surface area contributed by atoms with Gasteiger partial charge in [0.25, 0.3) is 0 Å². The van der Waals surface area contributed by atoms with Crippen LogP contribution in [0.4, 0.5) is 5.69 Å². The third kappa shape index (κ3) is 2.72. The molecule has 76 valence electrons. The van der Waals surface area contributed by atoms with Crippen molar-refractivity contribution in [3.8, 4) is 0 Å². The highest BCUT2D eigenvalue weighted by molar-refractivity contribution is 6.34. The highest BCUT2D eigenvalue weighted by atomic mass is 35.5. The molecule has 0 atom stereocenters. The van der Waals surface area contributed by atoms with Gasteiger partial charge in [0.15, 0.2) is 0 Å². The van der Waals surface area contributed by atoms with Crippen LogP contribution >= 0.6 is 11.6 Å². The van der Waals surface area contributed by atoms with Crippen LogP contribution in [-0.2, 0) is 4.79 Å². The molecule has 4 heteroatoms. The van der Waals surface area contributed by atoms with E-state index in [1.165, 1.54) is 0 Å². The van der Waals surface area contributed by atoms with Gasteiger partial charge in [-0.3, -0.25) is 4.79 Å². The summed E-state index contributed by atoms with van der Waals surface area (Å²) in [5.74, 6) is -0.0972. The summed E-state index contributed by atoms with van der Waals surface area (Å²) in [5, 5.41) is 6.08. The van der Waals surface area contributed by atoms with Crippen molar-refractivity contribution >= 4 is 23.2 Å². The maximum Gasteiger partial charge on any atom is 0.238 e. The first kappa shape index (κ1) is 11.0. The minimum absolute atomic E-state index is 0.0972. The van der Waals surface area contributed by atoms with E-state index in [9.17, 15) is 4.79 Å². The maximum absolute atomic E-state index is 11.2. The Balaban J connectivity index is 2.76. The molecule has 3 nitrogen and oxygen atoms in total. The standard InChI is InChI=1S/C10H13ClN2O/c1-7-4-3-5-8(10(7)11)13-9(14)6-12-2/h3-5,12H,6H2,1-2H3,(H,13,14). The lowest BCUT2D eigenvalue weighted by atomic mass is 10.2. The summed E-state index contributed by atoms with van der Waals surface area (Å²) < 4.78 is 0. The Morgan fingerprint density at radius 1 is 1.50 bits per heavy atom. The number of halogens is 1. The van der Waals surface area contributed by atoms with Crippen molar-refractivity contribution in [3.63, 3.8) is 0 Å². The number of carbonyl (C=O) groups is 1. The van der Waals surface area contributed by atoms with Crippen LogP contribution in [0, 0.1) is 6.92 Å². The van der Waals surface area contributed by atoms with Gasteiger partial charge in [0.1, 0.15) is 0 Å². The van der Waals surface area contributed by atoms with Crippen molar-refractivity contribution in [1.29, 1.82) is 0 Å². The molecule has 0 aliphatic carbocycles. The molecule has 0 aliphatic rings. The predicted molar refractivity (Wildman–Crippen MR) is 58.7 cm³/mol. The number of likely N-dealkylation sites (N-methyl/N-ethyl adjacent to an activating group) is 1. The first-order valence-corrected chi connectivity index (χ1v) is 4.72. The van der Waals surface area contributed by atoms with E-state index >= 15 is 0 Å². The van der Waals surface area contributed by atoms with Gasteiger partial charge in [-0.1, -0.05) is 23.7 Å². The maximum atomic E-state index is 11.2. The molecule has 0 saturated carbocycles. The van der Waals surface area contributed by atoms with E-state index in [1.54, 1.807) is 13.1 Å². The summed E-state index contributed by atoms with van der Waals surface area (Å²) in [6.07, 6.45) is 0. The summed E-state index contributed by atoms with van der Waals surface area (Å²) in [4.78, 5) is 11.2. The Labute approximate surface area is 88.5 Å². The molecule has 1 aromatic carbocycles. The number of hydrogen-bond acceptors (Lipinski definition) is 2. The van der Waals surface area contributed by atoms with E-state index in [2.05, 4.69) is 10.6 Å². The lowest BCUT2D eigenvalue weighted by Gasteiger charge is -2.08. The zero-order chi connectivity index (χ0) is 10.6. The summed E-state index contributed by atoms with van der Waals surface area (Å²) >= 11 is 6.00. The highest BCUT2D eigenvalue weighted by Gasteiger charge is 2.05. The van der Waals surface area contributed by atoms with Gasteiger partial charge in [-0.05, 0) is 25.6 Å². The Bertz CT molecular complexity index is 339. The topological polar surface area (TPSA) is 41.1 Å². The van der Waals surface area contributed by atoms with E-state index in [1.807, 2.05) is 19.1 Å². The van der Waals surface area contributed by atoms with E-state index in [-0.39, 0.29) is 12.5 Å². The average molecular weight is 213 g/mol. The van der Waals surface area contributed by atoms with E-state index < -0.39 is 0 Å². The van der Waals surface area contributed by atoms with Crippen LogP contribution in [0.15, 0.2) is 18.2 Å². The Kier molecular flexibility index (Phi) is 3.92. The Morgan fingerprint density at radius 2 is 2.21 bits per heavy atom. The van der Waals surface area contributed by atoms with Crippen molar-refractivity contribution in [2.24, 2.45) is 0 Å². The number of nitrogens with one attached hydrogen (secondary N) is 2. The normalized spacial score (nSPS) is 9.93. The van der Waals surface area contributed by atoms with Crippen LogP contribution in [0.3, 0.4) is 0 Å². The van der Waals surface area contributed by atoms with Gasteiger partial charge in [-0.25, -0.2) is 0 Å². The first-order chi connectivity index (χ1) is 6.65. The molecule has 0 aromatic heterocycles. The van der Waals surface area contributed by atoms with Crippen molar-refractivity contribution < 1.29 is 4.79 Å². The number of anilines is 1. The van der Waals surface area contributed by atoms with Gasteiger partial charge in [0.2, 0.25) is 5.91 Å². The second kappa shape index (κ2) is 4.98. The first-order valence-electron chi connectivity index (χ1n) is 4.34. The van der Waals surface area contributed by atoms with Gasteiger partial charge in [0.05, 0.1) is 17.3 Å². The van der Waals surface area contributed by atoms with Crippen molar-refractivity contribution in [2.45, 2.75) is 6.92 Å². The van der Waals surface area contributed by atoms with Gasteiger partial charge >= 0.3 is 0 Å². The SMILES string of the molecule is CNCC(=O)Nc1cccc(C)c1Cl. The van der Waals surface area contributed by atoms with Crippen LogP contribution < -0.4 is 10.6 Å². The average Bonchev–Trinajstić information content (AvgIpc) is 2.13. The third-order valence-corrected chi connectivity index (χ3v) is 2.30. The molecule has 0 heterocycles. The second-order valence-corrected chi connectivity index (χ2v) is 3.39. The van der Waals surface area contributed by atoms with Crippen molar-refractivity contribution in [3.05, 3.63) is 28.8 Å². The predicted octanol–water partition coefficient (Wildman–Crippen LogP) is 1.81. The van der Waals surface area contributed by atoms with Crippen LogP contribution in [0.5, 0.6) is 0 Å². The zero-order valence-electron chi connectivity index (χ0n) is 8.23. The summed E-state index contributed by atoms with van der Waals surface area (Å²) in [6.45, 7) is 2.18. The molecular weight excluding hydrogens is 200 g/mol. The molecule has 1 rings (SSSR count). The molecule has 0 spiro atoms. The molecule has 1 amide bonds. The lowest BCUT2D eigenvalue weighted by molar-refractivity contribution is -0.115. The minimum Gasteiger partial charge on any atom is -0.324 e. The second-order valence-electron chi connectivity index (χ2n) is 3.01. The quantitative estimate of drug-likeness (QED) is 0.803.